The van der Waals surface area contributed by atoms with E-state index in [1.807, 2.05) is 31.2 Å². The van der Waals surface area contributed by atoms with Gasteiger partial charge in [-0.15, -0.1) is 0 Å². The molecule has 0 saturated carbocycles. The fourth-order valence-electron chi connectivity index (χ4n) is 4.61. The van der Waals surface area contributed by atoms with Gasteiger partial charge in [-0.25, -0.2) is 13.2 Å². The van der Waals surface area contributed by atoms with Gasteiger partial charge in [-0.3, -0.25) is 0 Å². The molecule has 0 unspecified atom stereocenters. The lowest BCUT2D eigenvalue weighted by Crippen LogP contribution is -2.50. The number of hydrogen-bond donors (Lipinski definition) is 2. The molecule has 4 rings (SSSR count). The Morgan fingerprint density at radius 1 is 1.07 bits per heavy atom. The number of aliphatic hydroxyl groups is 1. The van der Waals surface area contributed by atoms with Crippen LogP contribution in [0.5, 0.6) is 17.2 Å². The number of fused-ring (bicyclic) bond motifs is 1. The maximum absolute atomic E-state index is 13.8. The third-order valence-electron chi connectivity index (χ3n) is 7.23. The van der Waals surface area contributed by atoms with Crippen molar-refractivity contribution >= 4 is 21.7 Å². The van der Waals surface area contributed by atoms with E-state index in [1.165, 1.54) is 15.3 Å². The lowest BCUT2D eigenvalue weighted by Gasteiger charge is -2.37. The van der Waals surface area contributed by atoms with E-state index in [1.54, 1.807) is 64.6 Å². The average Bonchev–Trinajstić information content (AvgIpc) is 3.01. The van der Waals surface area contributed by atoms with Crippen molar-refractivity contribution in [3.63, 3.8) is 0 Å². The number of likely N-dealkylation sites (N-methyl/N-ethyl adjacent to an activating group) is 1. The number of hydrogen-bond acceptors (Lipinski definition) is 7. The monoisotopic (exact) mass is 607 g/mol. The zero-order chi connectivity index (χ0) is 31.1. The van der Waals surface area contributed by atoms with Gasteiger partial charge in [-0.2, -0.15) is 4.31 Å². The minimum absolute atomic E-state index is 0.0248. The van der Waals surface area contributed by atoms with Crippen molar-refractivity contribution in [2.75, 3.05) is 46.3 Å². The number of methoxy groups -OCH3 is 2. The van der Waals surface area contributed by atoms with Crippen molar-refractivity contribution in [3.05, 3.63) is 77.9 Å². The normalized spacial score (nSPS) is 18.4. The van der Waals surface area contributed by atoms with Crippen LogP contribution >= 0.6 is 0 Å². The number of aliphatic hydroxyl groups excluding tert-OH is 1. The highest BCUT2D eigenvalue weighted by atomic mass is 32.2. The number of rotatable bonds is 7. The largest absolute Gasteiger partial charge is 0.497 e. The summed E-state index contributed by atoms with van der Waals surface area (Å²) >= 11 is 0. The molecule has 3 atom stereocenters. The predicted molar refractivity (Wildman–Crippen MR) is 164 cm³/mol. The molecule has 3 aromatic carbocycles. The van der Waals surface area contributed by atoms with Crippen molar-refractivity contribution < 1.29 is 32.5 Å². The summed E-state index contributed by atoms with van der Waals surface area (Å²) in [6, 6.07) is 18.0. The van der Waals surface area contributed by atoms with Crippen molar-refractivity contribution in [2.24, 2.45) is 5.92 Å². The van der Waals surface area contributed by atoms with E-state index in [2.05, 4.69) is 17.2 Å². The Balaban J connectivity index is 1.65. The van der Waals surface area contributed by atoms with Crippen molar-refractivity contribution in [2.45, 2.75) is 30.9 Å². The van der Waals surface area contributed by atoms with E-state index in [4.69, 9.17) is 14.2 Å². The molecule has 1 aliphatic heterocycles. The Kier molecular flexibility index (Phi) is 10.2. The van der Waals surface area contributed by atoms with Crippen LogP contribution < -0.4 is 19.5 Å². The number of carbonyl (C=O) groups excluding carboxylic acids is 1. The van der Waals surface area contributed by atoms with E-state index >= 15 is 0 Å². The van der Waals surface area contributed by atoms with Crippen molar-refractivity contribution in [1.82, 2.24) is 9.21 Å². The summed E-state index contributed by atoms with van der Waals surface area (Å²) in [7, 11) is 0.776. The second-order valence-corrected chi connectivity index (χ2v) is 12.3. The summed E-state index contributed by atoms with van der Waals surface area (Å²) in [5.41, 5.74) is 1.89. The Labute approximate surface area is 253 Å². The minimum Gasteiger partial charge on any atom is -0.497 e. The summed E-state index contributed by atoms with van der Waals surface area (Å²) < 4.78 is 45.6. The Morgan fingerprint density at radius 3 is 2.42 bits per heavy atom. The Hall–Kier alpha value is -4.24. The van der Waals surface area contributed by atoms with Crippen LogP contribution in [0.3, 0.4) is 0 Å². The van der Waals surface area contributed by atoms with Gasteiger partial charge in [-0.05, 0) is 61.5 Å². The zero-order valence-electron chi connectivity index (χ0n) is 24.9. The molecular weight excluding hydrogens is 570 g/mol. The molecule has 2 amide bonds. The number of nitrogens with one attached hydrogen (secondary N) is 1. The molecule has 1 aliphatic rings. The molecule has 0 aliphatic carbocycles. The molecule has 1 heterocycles. The third kappa shape index (κ3) is 7.59. The summed E-state index contributed by atoms with van der Waals surface area (Å²) in [6.45, 7) is 3.44. The lowest BCUT2D eigenvalue weighted by atomic mass is 10.0. The number of sulfonamides is 1. The first kappa shape index (κ1) is 31.7. The summed E-state index contributed by atoms with van der Waals surface area (Å²) in [5, 5.41) is 12.8. The molecule has 11 heteroatoms. The fourth-order valence-corrected chi connectivity index (χ4v) is 6.44. The quantitative estimate of drug-likeness (QED) is 0.390. The maximum atomic E-state index is 13.8. The first-order chi connectivity index (χ1) is 20.5. The molecule has 10 nitrogen and oxygen atoms in total. The van der Waals surface area contributed by atoms with Gasteiger partial charge in [0.15, 0.2) is 0 Å². The van der Waals surface area contributed by atoms with Gasteiger partial charge >= 0.3 is 6.03 Å². The van der Waals surface area contributed by atoms with Gasteiger partial charge in [0.25, 0.3) is 0 Å². The number of amides is 2. The molecule has 228 valence electrons. The van der Waals surface area contributed by atoms with E-state index in [0.717, 1.165) is 5.56 Å². The van der Waals surface area contributed by atoms with Crippen LogP contribution in [0.1, 0.15) is 25.0 Å². The van der Waals surface area contributed by atoms with E-state index < -0.39 is 22.2 Å². The summed E-state index contributed by atoms with van der Waals surface area (Å²) in [5.74, 6) is 7.28. The number of benzene rings is 3. The van der Waals surface area contributed by atoms with Crippen LogP contribution in [0, 0.1) is 17.8 Å². The molecule has 0 spiro atoms. The predicted octanol–water partition coefficient (Wildman–Crippen LogP) is 4.04. The van der Waals surface area contributed by atoms with Crippen LogP contribution in [0.4, 0.5) is 10.5 Å². The number of carbonyl (C=O) groups is 1. The second kappa shape index (κ2) is 13.8. The Bertz CT molecular complexity index is 1600. The Morgan fingerprint density at radius 2 is 1.74 bits per heavy atom. The van der Waals surface area contributed by atoms with Gasteiger partial charge in [0.1, 0.15) is 28.2 Å². The van der Waals surface area contributed by atoms with Gasteiger partial charge < -0.3 is 29.5 Å². The van der Waals surface area contributed by atoms with Gasteiger partial charge in [-0.1, -0.05) is 24.8 Å². The second-order valence-electron chi connectivity index (χ2n) is 10.4. The number of urea groups is 1. The van der Waals surface area contributed by atoms with E-state index in [9.17, 15) is 18.3 Å². The van der Waals surface area contributed by atoms with Gasteiger partial charge in [0.05, 0.1) is 27.4 Å². The lowest BCUT2D eigenvalue weighted by molar-refractivity contribution is 0.0830. The topological polar surface area (TPSA) is 118 Å². The molecule has 3 aromatic rings. The van der Waals surface area contributed by atoms with Crippen molar-refractivity contribution in [1.29, 1.82) is 0 Å². The van der Waals surface area contributed by atoms with Gasteiger partial charge in [0, 0.05) is 48.4 Å². The van der Waals surface area contributed by atoms with E-state index in [-0.39, 0.29) is 42.3 Å². The first-order valence-corrected chi connectivity index (χ1v) is 15.3. The van der Waals surface area contributed by atoms with Crippen LogP contribution in [-0.2, 0) is 10.0 Å². The maximum Gasteiger partial charge on any atom is 0.321 e. The van der Waals surface area contributed by atoms with Crippen LogP contribution in [0.25, 0.3) is 0 Å². The highest BCUT2D eigenvalue weighted by molar-refractivity contribution is 7.89. The zero-order valence-corrected chi connectivity index (χ0v) is 25.7. The fraction of sp³-hybridized carbons (Fsp3) is 0.344. The van der Waals surface area contributed by atoms with Crippen LogP contribution in [-0.4, -0.2) is 81.9 Å². The summed E-state index contributed by atoms with van der Waals surface area (Å²) in [6.07, 6.45) is -0.575. The van der Waals surface area contributed by atoms with Gasteiger partial charge in [0.2, 0.25) is 10.0 Å². The van der Waals surface area contributed by atoms with E-state index in [0.29, 0.717) is 22.7 Å². The third-order valence-corrected chi connectivity index (χ3v) is 9.25. The molecule has 0 saturated heterocycles. The molecule has 0 radical (unpaired) electrons. The molecule has 0 bridgehead atoms. The van der Waals surface area contributed by atoms with Crippen LogP contribution in [0.15, 0.2) is 71.6 Å². The highest BCUT2D eigenvalue weighted by Crippen LogP contribution is 2.34. The highest BCUT2D eigenvalue weighted by Gasteiger charge is 2.38. The molecule has 43 heavy (non-hydrogen) atoms. The summed E-state index contributed by atoms with van der Waals surface area (Å²) in [4.78, 5) is 14.5. The molecule has 0 aromatic heterocycles. The molecule has 2 N–H and O–H groups in total. The smallest absolute Gasteiger partial charge is 0.321 e. The number of ether oxygens (including phenoxy) is 3. The van der Waals surface area contributed by atoms with Crippen LogP contribution in [0.2, 0.25) is 0 Å². The first-order valence-electron chi connectivity index (χ1n) is 13.8. The minimum atomic E-state index is -4.01. The van der Waals surface area contributed by atoms with Crippen molar-refractivity contribution in [3.8, 4) is 29.1 Å². The number of nitrogens with zero attached hydrogens (tertiary/aromatic N) is 2. The molecular formula is C32H37N3O7S. The average molecular weight is 608 g/mol. The number of anilines is 1. The molecule has 0 fully saturated rings. The SMILES string of the molecule is COc1ccc(C#Cc2ccc3c(c2)O[C@H](CN(C)C(=O)Nc2cccc(OC)c2)[C@@H](C)CN([C@H](C)CO)S3(=O)=O)cc1. The standard InChI is InChI=1S/C32H37N3O7S/c1-22-19-35(23(2)21-36)43(38,39)31-16-13-25(10-9-24-11-14-27(40-4)15-12-24)17-29(31)42-30(22)20-34(3)32(37)33-26-7-6-8-28(18-26)41-5/h6-8,11-18,22-23,30,36H,19-21H2,1-5H3,(H,33,37)/t22-,23+,30+/m0/s1.